The van der Waals surface area contributed by atoms with Crippen LogP contribution in [0, 0.1) is 5.82 Å². The molecule has 2 amide bonds. The summed E-state index contributed by atoms with van der Waals surface area (Å²) in [5, 5.41) is 3.00. The van der Waals surface area contributed by atoms with E-state index < -0.39 is 34.3 Å². The quantitative estimate of drug-likeness (QED) is 0.172. The van der Waals surface area contributed by atoms with E-state index in [0.717, 1.165) is 9.87 Å². The summed E-state index contributed by atoms with van der Waals surface area (Å²) in [6.07, 6.45) is 0.866. The number of sulfonamides is 1. The second-order valence-electron chi connectivity index (χ2n) is 10.9. The number of carbonyl (C=O) groups is 2. The fourth-order valence-electron chi connectivity index (χ4n) is 4.91. The Morgan fingerprint density at radius 3 is 2.02 bits per heavy atom. The lowest BCUT2D eigenvalue weighted by molar-refractivity contribution is -0.140. The van der Waals surface area contributed by atoms with E-state index in [2.05, 4.69) is 5.32 Å². The first kappa shape index (κ1) is 34.2. The first-order chi connectivity index (χ1) is 22.1. The summed E-state index contributed by atoms with van der Waals surface area (Å²) in [5.41, 5.74) is 1.70. The number of halogens is 1. The molecule has 0 spiro atoms. The lowest BCUT2D eigenvalue weighted by Crippen LogP contribution is -2.54. The molecule has 4 aromatic carbocycles. The molecule has 0 bridgehead atoms. The average Bonchev–Trinajstić information content (AvgIpc) is 3.07. The topological polar surface area (TPSA) is 96.0 Å². The molecule has 0 saturated carbocycles. The lowest BCUT2D eigenvalue weighted by Gasteiger charge is -2.34. The molecule has 1 N–H and O–H groups in total. The maximum Gasteiger partial charge on any atom is 0.264 e. The second-order valence-corrected chi connectivity index (χ2v) is 12.8. The van der Waals surface area contributed by atoms with Gasteiger partial charge in [0.25, 0.3) is 10.0 Å². The van der Waals surface area contributed by atoms with E-state index >= 15 is 0 Å². The van der Waals surface area contributed by atoms with Crippen LogP contribution < -0.4 is 14.4 Å². The van der Waals surface area contributed by atoms with Crippen LogP contribution in [0.2, 0.25) is 0 Å². The minimum absolute atomic E-state index is 0.0203. The van der Waals surface area contributed by atoms with Gasteiger partial charge >= 0.3 is 0 Å². The van der Waals surface area contributed by atoms with E-state index in [1.807, 2.05) is 51.1 Å². The van der Waals surface area contributed by atoms with Gasteiger partial charge in [-0.15, -0.1) is 0 Å². The number of nitrogens with zero attached hydrogens (tertiary/aromatic N) is 2. The average molecular weight is 646 g/mol. The van der Waals surface area contributed by atoms with Crippen molar-refractivity contribution in [3.8, 4) is 5.75 Å². The Hall–Kier alpha value is -4.70. The van der Waals surface area contributed by atoms with Gasteiger partial charge in [0.1, 0.15) is 24.2 Å². The van der Waals surface area contributed by atoms with Gasteiger partial charge in [-0.1, -0.05) is 67.6 Å². The first-order valence-electron chi connectivity index (χ1n) is 15.3. The molecule has 0 heterocycles. The number of hydrogen-bond acceptors (Lipinski definition) is 5. The summed E-state index contributed by atoms with van der Waals surface area (Å²) in [7, 11) is -4.24. The summed E-state index contributed by atoms with van der Waals surface area (Å²) in [6, 6.07) is 28.2. The van der Waals surface area contributed by atoms with Crippen LogP contribution in [0.5, 0.6) is 5.75 Å². The minimum atomic E-state index is -4.24. The molecule has 242 valence electrons. The maximum atomic E-state index is 14.5. The van der Waals surface area contributed by atoms with E-state index in [-0.39, 0.29) is 35.5 Å². The monoisotopic (exact) mass is 645 g/mol. The number of benzene rings is 4. The number of anilines is 1. The smallest absolute Gasteiger partial charge is 0.264 e. The number of nitrogens with one attached hydrogen (secondary N) is 1. The Morgan fingerprint density at radius 1 is 0.826 bits per heavy atom. The highest BCUT2D eigenvalue weighted by Crippen LogP contribution is 2.26. The van der Waals surface area contributed by atoms with E-state index in [0.29, 0.717) is 24.3 Å². The Morgan fingerprint density at radius 2 is 1.43 bits per heavy atom. The van der Waals surface area contributed by atoms with Crippen molar-refractivity contribution in [3.05, 3.63) is 126 Å². The Labute approximate surface area is 270 Å². The molecule has 0 fully saturated rings. The van der Waals surface area contributed by atoms with Gasteiger partial charge in [0.05, 0.1) is 17.2 Å². The maximum absolute atomic E-state index is 14.5. The third-order valence-electron chi connectivity index (χ3n) is 7.58. The zero-order chi connectivity index (χ0) is 33.1. The van der Waals surface area contributed by atoms with Crippen LogP contribution in [0.15, 0.2) is 114 Å². The number of amides is 2. The predicted molar refractivity (Wildman–Crippen MR) is 177 cm³/mol. The zero-order valence-electron chi connectivity index (χ0n) is 26.3. The van der Waals surface area contributed by atoms with Crippen molar-refractivity contribution in [3.63, 3.8) is 0 Å². The van der Waals surface area contributed by atoms with E-state index in [9.17, 15) is 22.4 Å². The van der Waals surface area contributed by atoms with Crippen LogP contribution in [0.1, 0.15) is 38.3 Å². The Kier molecular flexibility index (Phi) is 11.9. The largest absolute Gasteiger partial charge is 0.494 e. The van der Waals surface area contributed by atoms with Crippen molar-refractivity contribution in [2.75, 3.05) is 17.5 Å². The van der Waals surface area contributed by atoms with Crippen molar-refractivity contribution < 1.29 is 27.1 Å². The number of hydrogen-bond donors (Lipinski definition) is 1. The van der Waals surface area contributed by atoms with Gasteiger partial charge in [0.2, 0.25) is 11.8 Å². The van der Waals surface area contributed by atoms with E-state index in [1.54, 1.807) is 54.6 Å². The van der Waals surface area contributed by atoms with Crippen molar-refractivity contribution >= 4 is 27.5 Å². The molecule has 4 aromatic rings. The molecule has 0 aliphatic carbocycles. The van der Waals surface area contributed by atoms with Crippen LogP contribution in [0.4, 0.5) is 10.1 Å². The highest BCUT2D eigenvalue weighted by Gasteiger charge is 2.35. The summed E-state index contributed by atoms with van der Waals surface area (Å²) >= 11 is 0. The first-order valence-corrected chi connectivity index (χ1v) is 16.7. The standard InChI is InChI=1S/C36H40FN3O5S/c1-4-27(3)38-36(42)34(24-28-12-8-6-9-13-28)39(25-29-16-18-30(37)19-17-29)35(41)26-40(31-14-10-7-11-15-31)46(43,44)33-22-20-32(21-23-33)45-5-2/h6-23,27,34H,4-5,24-26H2,1-3H3,(H,38,42)/t27-,34-/m1/s1. The number of carbonyl (C=O) groups excluding carboxylic acids is 2. The van der Waals surface area contributed by atoms with Gasteiger partial charge in [-0.25, -0.2) is 12.8 Å². The fourth-order valence-corrected chi connectivity index (χ4v) is 6.32. The van der Waals surface area contributed by atoms with Crippen molar-refractivity contribution in [1.82, 2.24) is 10.2 Å². The Balaban J connectivity index is 1.77. The van der Waals surface area contributed by atoms with Crippen LogP contribution in [0.3, 0.4) is 0 Å². The van der Waals surface area contributed by atoms with Gasteiger partial charge in [-0.2, -0.15) is 0 Å². The summed E-state index contributed by atoms with van der Waals surface area (Å²) < 4.78 is 48.6. The molecule has 0 saturated heterocycles. The molecule has 0 aliphatic rings. The Bertz CT molecular complexity index is 1670. The van der Waals surface area contributed by atoms with Crippen molar-refractivity contribution in [2.45, 2.75) is 57.1 Å². The zero-order valence-corrected chi connectivity index (χ0v) is 27.1. The highest BCUT2D eigenvalue weighted by molar-refractivity contribution is 7.92. The minimum Gasteiger partial charge on any atom is -0.494 e. The molecule has 0 radical (unpaired) electrons. The van der Waals surface area contributed by atoms with Gasteiger partial charge in [0, 0.05) is 19.0 Å². The van der Waals surface area contributed by atoms with Crippen LogP contribution >= 0.6 is 0 Å². The van der Waals surface area contributed by atoms with Crippen LogP contribution in [-0.2, 0) is 32.6 Å². The normalized spacial score (nSPS) is 12.5. The highest BCUT2D eigenvalue weighted by atomic mass is 32.2. The number of rotatable bonds is 15. The molecule has 4 rings (SSSR count). The molecule has 2 atom stereocenters. The fraction of sp³-hybridized carbons (Fsp3) is 0.278. The summed E-state index contributed by atoms with van der Waals surface area (Å²) in [5.74, 6) is -0.878. The van der Waals surface area contributed by atoms with Crippen molar-refractivity contribution in [2.24, 2.45) is 0 Å². The SMILES string of the molecule is CCOc1ccc(S(=O)(=O)N(CC(=O)N(Cc2ccc(F)cc2)[C@H](Cc2ccccc2)C(=O)N[C@H](C)CC)c2ccccc2)cc1. The van der Waals surface area contributed by atoms with E-state index in [4.69, 9.17) is 4.74 Å². The molecular formula is C36H40FN3O5S. The van der Waals surface area contributed by atoms with E-state index in [1.165, 1.54) is 29.2 Å². The number of para-hydroxylation sites is 1. The van der Waals surface area contributed by atoms with Gasteiger partial charge < -0.3 is 15.0 Å². The number of ether oxygens (including phenoxy) is 1. The molecular weight excluding hydrogens is 605 g/mol. The predicted octanol–water partition coefficient (Wildman–Crippen LogP) is 5.97. The van der Waals surface area contributed by atoms with Gasteiger partial charge in [-0.3, -0.25) is 13.9 Å². The second kappa shape index (κ2) is 16.0. The van der Waals surface area contributed by atoms with Crippen LogP contribution in [-0.4, -0.2) is 50.4 Å². The molecule has 0 aliphatic heterocycles. The summed E-state index contributed by atoms with van der Waals surface area (Å²) in [4.78, 5) is 29.7. The summed E-state index contributed by atoms with van der Waals surface area (Å²) in [6.45, 7) is 5.46. The molecule has 10 heteroatoms. The molecule has 0 aromatic heterocycles. The third-order valence-corrected chi connectivity index (χ3v) is 9.37. The molecule has 8 nitrogen and oxygen atoms in total. The lowest BCUT2D eigenvalue weighted by atomic mass is 10.0. The van der Waals surface area contributed by atoms with Crippen molar-refractivity contribution in [1.29, 1.82) is 0 Å². The van der Waals surface area contributed by atoms with Gasteiger partial charge in [-0.05, 0) is 79.9 Å². The molecule has 0 unspecified atom stereocenters. The molecule has 46 heavy (non-hydrogen) atoms. The third kappa shape index (κ3) is 8.94. The van der Waals surface area contributed by atoms with Gasteiger partial charge in [0.15, 0.2) is 0 Å². The van der Waals surface area contributed by atoms with Crippen LogP contribution in [0.25, 0.3) is 0 Å².